The van der Waals surface area contributed by atoms with Gasteiger partial charge in [0.25, 0.3) is 0 Å². The highest BCUT2D eigenvalue weighted by molar-refractivity contribution is 6.06. The van der Waals surface area contributed by atoms with Gasteiger partial charge in [-0.15, -0.1) is 0 Å². The zero-order valence-corrected chi connectivity index (χ0v) is 12.3. The molecule has 3 heteroatoms. The lowest BCUT2D eigenvalue weighted by Gasteiger charge is -2.08. The first kappa shape index (κ1) is 15.0. The Labute approximate surface area is 125 Å². The number of pyridine rings is 1. The Kier molecular flexibility index (Phi) is 5.27. The number of carbonyl (C=O) groups is 1. The molecule has 0 amide bonds. The van der Waals surface area contributed by atoms with Crippen LogP contribution in [-0.4, -0.2) is 17.4 Å². The normalized spacial score (nSPS) is 11.0. The van der Waals surface area contributed by atoms with E-state index in [4.69, 9.17) is 4.74 Å². The molecular formula is C18H19NO2. The van der Waals surface area contributed by atoms with Gasteiger partial charge in [0.1, 0.15) is 5.75 Å². The highest BCUT2D eigenvalue weighted by Gasteiger charge is 2.01. The number of hydrogen-bond acceptors (Lipinski definition) is 3. The fourth-order valence-electron chi connectivity index (χ4n) is 1.75. The Morgan fingerprint density at radius 3 is 2.86 bits per heavy atom. The van der Waals surface area contributed by atoms with E-state index in [1.54, 1.807) is 36.7 Å². The van der Waals surface area contributed by atoms with Crippen LogP contribution in [0.2, 0.25) is 0 Å². The molecule has 0 spiro atoms. The number of hydrogen-bond donors (Lipinski definition) is 0. The lowest BCUT2D eigenvalue weighted by Crippen LogP contribution is -2.04. The summed E-state index contributed by atoms with van der Waals surface area (Å²) in [6.07, 6.45) is 6.56. The molecule has 0 unspecified atom stereocenters. The van der Waals surface area contributed by atoms with Crippen LogP contribution >= 0.6 is 0 Å². The number of aromatic nitrogens is 1. The van der Waals surface area contributed by atoms with Gasteiger partial charge in [-0.3, -0.25) is 9.78 Å². The van der Waals surface area contributed by atoms with E-state index in [0.717, 1.165) is 11.3 Å². The lowest BCUT2D eigenvalue weighted by atomic mass is 10.1. The predicted octanol–water partition coefficient (Wildman–Crippen LogP) is 4.01. The third kappa shape index (κ3) is 4.88. The van der Waals surface area contributed by atoms with E-state index in [1.807, 2.05) is 24.3 Å². The van der Waals surface area contributed by atoms with E-state index >= 15 is 0 Å². The minimum Gasteiger partial charge on any atom is -0.493 e. The Balaban J connectivity index is 2.04. The molecule has 0 radical (unpaired) electrons. The average molecular weight is 281 g/mol. The number of carbonyl (C=O) groups excluding carboxylic acids is 1. The Hall–Kier alpha value is -2.42. The standard InChI is InChI=1S/C18H19NO2/c1-14(2)13-21-17-7-3-5-15(11-17)8-9-18(20)16-6-4-10-19-12-16/h3-12,14H,13H2,1-2H3/b9-8+. The Morgan fingerprint density at radius 2 is 2.14 bits per heavy atom. The van der Waals surface area contributed by atoms with Gasteiger partial charge in [0.05, 0.1) is 6.61 Å². The predicted molar refractivity (Wildman–Crippen MR) is 84.4 cm³/mol. The second-order valence-electron chi connectivity index (χ2n) is 5.22. The van der Waals surface area contributed by atoms with Crippen molar-refractivity contribution in [1.29, 1.82) is 0 Å². The first-order valence-corrected chi connectivity index (χ1v) is 7.00. The summed E-state index contributed by atoms with van der Waals surface area (Å²) in [5, 5.41) is 0. The fraction of sp³-hybridized carbons (Fsp3) is 0.222. The number of allylic oxidation sites excluding steroid dienone is 1. The van der Waals surface area contributed by atoms with Gasteiger partial charge < -0.3 is 4.74 Å². The van der Waals surface area contributed by atoms with E-state index in [1.165, 1.54) is 0 Å². The van der Waals surface area contributed by atoms with Crippen LogP contribution in [0.3, 0.4) is 0 Å². The molecule has 0 saturated carbocycles. The minimum atomic E-state index is -0.0587. The summed E-state index contributed by atoms with van der Waals surface area (Å²) in [4.78, 5) is 15.9. The molecule has 1 aromatic carbocycles. The molecule has 3 nitrogen and oxygen atoms in total. The third-order valence-electron chi connectivity index (χ3n) is 2.81. The van der Waals surface area contributed by atoms with Gasteiger partial charge in [0, 0.05) is 18.0 Å². The SMILES string of the molecule is CC(C)COc1cccc(/C=C/C(=O)c2cccnc2)c1. The summed E-state index contributed by atoms with van der Waals surface area (Å²) in [6, 6.07) is 11.2. The first-order chi connectivity index (χ1) is 10.1. The molecule has 0 atom stereocenters. The number of nitrogens with zero attached hydrogens (tertiary/aromatic N) is 1. The summed E-state index contributed by atoms with van der Waals surface area (Å²) in [5.74, 6) is 1.24. The maximum atomic E-state index is 12.0. The van der Waals surface area contributed by atoms with E-state index in [9.17, 15) is 4.79 Å². The van der Waals surface area contributed by atoms with Gasteiger partial charge in [0.2, 0.25) is 0 Å². The van der Waals surface area contributed by atoms with Gasteiger partial charge in [-0.2, -0.15) is 0 Å². The van der Waals surface area contributed by atoms with Crippen molar-refractivity contribution in [2.24, 2.45) is 5.92 Å². The van der Waals surface area contributed by atoms with Crippen LogP contribution in [-0.2, 0) is 0 Å². The summed E-state index contributed by atoms with van der Waals surface area (Å²) in [6.45, 7) is 4.90. The van der Waals surface area contributed by atoms with Crippen LogP contribution in [0, 0.1) is 5.92 Å². The molecule has 21 heavy (non-hydrogen) atoms. The summed E-state index contributed by atoms with van der Waals surface area (Å²) >= 11 is 0. The van der Waals surface area contributed by atoms with E-state index in [-0.39, 0.29) is 5.78 Å². The summed E-state index contributed by atoms with van der Waals surface area (Å²) in [5.41, 5.74) is 1.52. The zero-order valence-electron chi connectivity index (χ0n) is 12.3. The molecule has 0 saturated heterocycles. The maximum Gasteiger partial charge on any atom is 0.187 e. The largest absolute Gasteiger partial charge is 0.493 e. The van der Waals surface area contributed by atoms with Crippen molar-refractivity contribution in [3.8, 4) is 5.75 Å². The molecule has 0 bridgehead atoms. The van der Waals surface area contributed by atoms with Crippen LogP contribution in [0.15, 0.2) is 54.9 Å². The molecule has 2 aromatic rings. The molecule has 0 fully saturated rings. The van der Waals surface area contributed by atoms with Crippen LogP contribution in [0.25, 0.3) is 6.08 Å². The smallest absolute Gasteiger partial charge is 0.187 e. The van der Waals surface area contributed by atoms with Gasteiger partial charge in [0.15, 0.2) is 5.78 Å². The van der Waals surface area contributed by atoms with E-state index in [2.05, 4.69) is 18.8 Å². The molecule has 2 rings (SSSR count). The van der Waals surface area contributed by atoms with Crippen molar-refractivity contribution in [2.45, 2.75) is 13.8 Å². The molecule has 0 aliphatic carbocycles. The van der Waals surface area contributed by atoms with Gasteiger partial charge in [-0.25, -0.2) is 0 Å². The number of rotatable bonds is 6. The molecule has 0 N–H and O–H groups in total. The fourth-order valence-corrected chi connectivity index (χ4v) is 1.75. The molecule has 0 aliphatic heterocycles. The van der Waals surface area contributed by atoms with Gasteiger partial charge >= 0.3 is 0 Å². The topological polar surface area (TPSA) is 39.2 Å². The highest BCUT2D eigenvalue weighted by atomic mass is 16.5. The van der Waals surface area contributed by atoms with Gasteiger partial charge in [-0.1, -0.05) is 32.1 Å². The van der Waals surface area contributed by atoms with E-state index < -0.39 is 0 Å². The van der Waals surface area contributed by atoms with Crippen molar-refractivity contribution in [3.05, 3.63) is 66.0 Å². The average Bonchev–Trinajstić information content (AvgIpc) is 2.52. The second-order valence-corrected chi connectivity index (χ2v) is 5.22. The Morgan fingerprint density at radius 1 is 1.29 bits per heavy atom. The molecule has 1 heterocycles. The third-order valence-corrected chi connectivity index (χ3v) is 2.81. The van der Waals surface area contributed by atoms with Crippen LogP contribution < -0.4 is 4.74 Å². The molecular weight excluding hydrogens is 262 g/mol. The van der Waals surface area contributed by atoms with Crippen molar-refractivity contribution in [3.63, 3.8) is 0 Å². The number of ether oxygens (including phenoxy) is 1. The molecule has 1 aromatic heterocycles. The van der Waals surface area contributed by atoms with Crippen molar-refractivity contribution in [2.75, 3.05) is 6.61 Å². The monoisotopic (exact) mass is 281 g/mol. The molecule has 108 valence electrons. The quantitative estimate of drug-likeness (QED) is 0.593. The maximum absolute atomic E-state index is 12.0. The molecule has 0 aliphatic rings. The summed E-state index contributed by atoms with van der Waals surface area (Å²) in [7, 11) is 0. The van der Waals surface area contributed by atoms with Crippen LogP contribution in [0.1, 0.15) is 29.8 Å². The van der Waals surface area contributed by atoms with Crippen molar-refractivity contribution in [1.82, 2.24) is 4.98 Å². The van der Waals surface area contributed by atoms with E-state index in [0.29, 0.717) is 18.1 Å². The zero-order chi connectivity index (χ0) is 15.1. The van der Waals surface area contributed by atoms with Crippen LogP contribution in [0.4, 0.5) is 0 Å². The highest BCUT2D eigenvalue weighted by Crippen LogP contribution is 2.15. The van der Waals surface area contributed by atoms with Crippen molar-refractivity contribution < 1.29 is 9.53 Å². The summed E-state index contributed by atoms with van der Waals surface area (Å²) < 4.78 is 5.67. The Bertz CT molecular complexity index is 618. The second kappa shape index (κ2) is 7.39. The van der Waals surface area contributed by atoms with Crippen molar-refractivity contribution >= 4 is 11.9 Å². The minimum absolute atomic E-state index is 0.0587. The number of benzene rings is 1. The first-order valence-electron chi connectivity index (χ1n) is 7.00. The lowest BCUT2D eigenvalue weighted by molar-refractivity contribution is 0.104. The van der Waals surface area contributed by atoms with Gasteiger partial charge in [-0.05, 0) is 41.8 Å². The van der Waals surface area contributed by atoms with Crippen LogP contribution in [0.5, 0.6) is 5.75 Å². The number of ketones is 1.